The van der Waals surface area contributed by atoms with Crippen molar-refractivity contribution >= 4 is 41.7 Å². The van der Waals surface area contributed by atoms with Gasteiger partial charge in [-0.3, -0.25) is 9.80 Å². The van der Waals surface area contributed by atoms with Gasteiger partial charge >= 0.3 is 6.09 Å². The molecule has 33 heavy (non-hydrogen) atoms. The van der Waals surface area contributed by atoms with E-state index in [0.717, 1.165) is 49.0 Å². The van der Waals surface area contributed by atoms with Gasteiger partial charge in [-0.05, 0) is 55.8 Å². The number of anilines is 1. The highest BCUT2D eigenvalue weighted by Gasteiger charge is 2.24. The molecule has 1 amide bonds. The molecule has 180 valence electrons. The van der Waals surface area contributed by atoms with Crippen LogP contribution in [0.15, 0.2) is 52.1 Å². The maximum absolute atomic E-state index is 11.7. The molecule has 9 heteroatoms. The lowest BCUT2D eigenvalue weighted by Gasteiger charge is -2.24. The molecule has 8 nitrogen and oxygen atoms in total. The number of cyclic esters (lactones) is 1. The van der Waals surface area contributed by atoms with E-state index in [0.29, 0.717) is 25.7 Å². The summed E-state index contributed by atoms with van der Waals surface area (Å²) in [7, 11) is 0. The van der Waals surface area contributed by atoms with E-state index in [1.807, 2.05) is 36.4 Å². The molecule has 1 unspecified atom stereocenters. The summed E-state index contributed by atoms with van der Waals surface area (Å²) in [4.78, 5) is 20.7. The maximum atomic E-state index is 11.7. The van der Waals surface area contributed by atoms with Crippen molar-refractivity contribution in [1.82, 2.24) is 15.5 Å². The summed E-state index contributed by atoms with van der Waals surface area (Å²) in [5.41, 5.74) is 1.94. The fourth-order valence-electron chi connectivity index (χ4n) is 4.27. The molecule has 0 saturated carbocycles. The molecule has 3 heterocycles. The van der Waals surface area contributed by atoms with Gasteiger partial charge in [0.15, 0.2) is 5.96 Å². The molecule has 1 atom stereocenters. The summed E-state index contributed by atoms with van der Waals surface area (Å²) in [6.07, 6.45) is 4.71. The fourth-order valence-corrected chi connectivity index (χ4v) is 4.27. The second kappa shape index (κ2) is 12.8. The largest absolute Gasteiger partial charge is 0.469 e. The quantitative estimate of drug-likeness (QED) is 0.274. The Kier molecular flexibility index (Phi) is 9.86. The number of likely N-dealkylation sites (N-methyl/N-ethyl adjacent to an activating group) is 1. The second-order valence-electron chi connectivity index (χ2n) is 8.16. The van der Waals surface area contributed by atoms with Crippen molar-refractivity contribution in [3.63, 3.8) is 0 Å². The number of guanidine groups is 1. The number of furan rings is 1. The number of halogens is 1. The third-order valence-electron chi connectivity index (χ3n) is 6.08. The molecule has 1 aromatic heterocycles. The van der Waals surface area contributed by atoms with Crippen LogP contribution in [-0.2, 0) is 17.7 Å². The molecule has 2 fully saturated rings. The minimum atomic E-state index is -0.281. The monoisotopic (exact) mass is 567 g/mol. The molecule has 0 bridgehead atoms. The zero-order valence-electron chi connectivity index (χ0n) is 19.2. The first kappa shape index (κ1) is 25.4. The minimum absolute atomic E-state index is 0. The summed E-state index contributed by atoms with van der Waals surface area (Å²) in [5.74, 6) is 1.77. The predicted octanol–water partition coefficient (Wildman–Crippen LogP) is 3.62. The van der Waals surface area contributed by atoms with E-state index in [-0.39, 0.29) is 30.1 Å². The number of nitrogens with one attached hydrogen (secondary N) is 2. The van der Waals surface area contributed by atoms with E-state index < -0.39 is 0 Å². The fraction of sp³-hybridized carbons (Fsp3) is 0.500. The van der Waals surface area contributed by atoms with E-state index in [2.05, 4.69) is 22.5 Å². The van der Waals surface area contributed by atoms with Gasteiger partial charge in [0.2, 0.25) is 0 Å². The number of carbonyl (C=O) groups excluding carboxylic acids is 1. The Morgan fingerprint density at radius 1 is 1.18 bits per heavy atom. The van der Waals surface area contributed by atoms with E-state index in [4.69, 9.17) is 14.1 Å². The SMILES string of the molecule is CCN1CCCC1CNC(=NCc1ccc(N2CCOC2=O)cc1)NCCc1ccco1.I. The lowest BCUT2D eigenvalue weighted by molar-refractivity contribution is 0.181. The van der Waals surface area contributed by atoms with Gasteiger partial charge in [-0.1, -0.05) is 19.1 Å². The number of carbonyl (C=O) groups is 1. The van der Waals surface area contributed by atoms with Crippen LogP contribution in [0.25, 0.3) is 0 Å². The van der Waals surface area contributed by atoms with Gasteiger partial charge < -0.3 is 19.8 Å². The summed E-state index contributed by atoms with van der Waals surface area (Å²) in [6, 6.07) is 12.4. The number of ether oxygens (including phenoxy) is 1. The molecule has 0 aliphatic carbocycles. The molecule has 1 aromatic carbocycles. The van der Waals surface area contributed by atoms with Crippen LogP contribution in [0.3, 0.4) is 0 Å². The average Bonchev–Trinajstić information content (AvgIpc) is 3.58. The molecule has 4 rings (SSSR count). The highest BCUT2D eigenvalue weighted by Crippen LogP contribution is 2.19. The van der Waals surface area contributed by atoms with E-state index in [1.165, 1.54) is 19.4 Å². The number of hydrogen-bond acceptors (Lipinski definition) is 5. The summed E-state index contributed by atoms with van der Waals surface area (Å²) < 4.78 is 10.4. The Morgan fingerprint density at radius 3 is 2.73 bits per heavy atom. The third-order valence-corrected chi connectivity index (χ3v) is 6.08. The number of likely N-dealkylation sites (tertiary alicyclic amines) is 1. The number of benzene rings is 1. The lowest BCUT2D eigenvalue weighted by Crippen LogP contribution is -2.45. The number of nitrogens with zero attached hydrogens (tertiary/aromatic N) is 3. The first-order valence-electron chi connectivity index (χ1n) is 11.5. The summed E-state index contributed by atoms with van der Waals surface area (Å²) in [6.45, 7) is 7.72. The van der Waals surface area contributed by atoms with E-state index >= 15 is 0 Å². The van der Waals surface area contributed by atoms with Crippen LogP contribution < -0.4 is 15.5 Å². The topological polar surface area (TPSA) is 82.3 Å². The predicted molar refractivity (Wildman–Crippen MR) is 140 cm³/mol. The van der Waals surface area contributed by atoms with Crippen LogP contribution in [0.1, 0.15) is 31.1 Å². The minimum Gasteiger partial charge on any atom is -0.469 e. The lowest BCUT2D eigenvalue weighted by atomic mass is 10.2. The highest BCUT2D eigenvalue weighted by atomic mass is 127. The molecule has 0 spiro atoms. The van der Waals surface area contributed by atoms with Crippen LogP contribution in [0.5, 0.6) is 0 Å². The normalized spacial score (nSPS) is 18.8. The standard InChI is InChI=1S/C24H33N5O3.HI/c1-2-28-13-3-5-21(28)18-27-23(25-12-11-22-6-4-15-31-22)26-17-19-7-9-20(10-8-19)29-14-16-32-24(29)30;/h4,6-10,15,21H,2-3,5,11-14,16-18H2,1H3,(H2,25,26,27);1H. The highest BCUT2D eigenvalue weighted by molar-refractivity contribution is 14.0. The summed E-state index contributed by atoms with van der Waals surface area (Å²) >= 11 is 0. The zero-order valence-corrected chi connectivity index (χ0v) is 21.5. The molecule has 2 aliphatic rings. The Morgan fingerprint density at radius 2 is 2.03 bits per heavy atom. The zero-order chi connectivity index (χ0) is 22.2. The molecule has 0 radical (unpaired) electrons. The molecule has 2 aromatic rings. The smallest absolute Gasteiger partial charge is 0.414 e. The number of rotatable bonds is 9. The number of amides is 1. The van der Waals surface area contributed by atoms with Gasteiger partial charge in [-0.15, -0.1) is 24.0 Å². The Labute approximate surface area is 212 Å². The molecular formula is C24H34IN5O3. The van der Waals surface area contributed by atoms with Crippen molar-refractivity contribution in [2.75, 3.05) is 44.2 Å². The second-order valence-corrected chi connectivity index (χ2v) is 8.16. The Hall–Kier alpha value is -2.27. The first-order chi connectivity index (χ1) is 15.7. The van der Waals surface area contributed by atoms with Crippen LogP contribution in [0, 0.1) is 0 Å². The van der Waals surface area contributed by atoms with Crippen molar-refractivity contribution in [3.8, 4) is 0 Å². The van der Waals surface area contributed by atoms with E-state index in [9.17, 15) is 4.79 Å². The molecule has 2 N–H and O–H groups in total. The van der Waals surface area contributed by atoms with Crippen molar-refractivity contribution < 1.29 is 13.9 Å². The number of hydrogen-bond donors (Lipinski definition) is 2. The van der Waals surface area contributed by atoms with Gasteiger partial charge in [0.1, 0.15) is 12.4 Å². The molecule has 2 aliphatic heterocycles. The van der Waals surface area contributed by atoms with Crippen LogP contribution in [0.2, 0.25) is 0 Å². The van der Waals surface area contributed by atoms with Crippen LogP contribution in [-0.4, -0.2) is 62.3 Å². The number of aliphatic imine (C=N–C) groups is 1. The average molecular weight is 567 g/mol. The Balaban J connectivity index is 0.00000306. The van der Waals surface area contributed by atoms with Gasteiger partial charge in [-0.2, -0.15) is 0 Å². The first-order valence-corrected chi connectivity index (χ1v) is 11.5. The maximum Gasteiger partial charge on any atom is 0.414 e. The van der Waals surface area contributed by atoms with Crippen LogP contribution >= 0.6 is 24.0 Å². The third kappa shape index (κ3) is 7.10. The Bertz CT molecular complexity index is 888. The van der Waals surface area contributed by atoms with Crippen molar-refractivity contribution in [2.24, 2.45) is 4.99 Å². The summed E-state index contributed by atoms with van der Waals surface area (Å²) in [5, 5.41) is 6.97. The molecule has 2 saturated heterocycles. The molecular weight excluding hydrogens is 533 g/mol. The van der Waals surface area contributed by atoms with E-state index in [1.54, 1.807) is 11.2 Å². The van der Waals surface area contributed by atoms with Crippen molar-refractivity contribution in [3.05, 3.63) is 54.0 Å². The van der Waals surface area contributed by atoms with Crippen LogP contribution in [0.4, 0.5) is 10.5 Å². The van der Waals surface area contributed by atoms with Gasteiger partial charge in [0.05, 0.1) is 19.4 Å². The van der Waals surface area contributed by atoms with Gasteiger partial charge in [0, 0.05) is 31.2 Å². The van der Waals surface area contributed by atoms with Crippen molar-refractivity contribution in [2.45, 2.75) is 38.8 Å². The van der Waals surface area contributed by atoms with Gasteiger partial charge in [-0.25, -0.2) is 9.79 Å². The van der Waals surface area contributed by atoms with Gasteiger partial charge in [0.25, 0.3) is 0 Å². The van der Waals surface area contributed by atoms with Crippen molar-refractivity contribution in [1.29, 1.82) is 0 Å².